The third-order valence-corrected chi connectivity index (χ3v) is 4.21. The van der Waals surface area contributed by atoms with Gasteiger partial charge in [-0.05, 0) is 25.0 Å². The molecule has 1 aliphatic rings. The third kappa shape index (κ3) is 3.82. The van der Waals surface area contributed by atoms with Crippen LogP contribution < -0.4 is 5.32 Å². The van der Waals surface area contributed by atoms with E-state index in [2.05, 4.69) is 10.5 Å². The lowest BCUT2D eigenvalue weighted by Crippen LogP contribution is -2.48. The molecule has 1 aromatic carbocycles. The highest BCUT2D eigenvalue weighted by Crippen LogP contribution is 2.27. The van der Waals surface area contributed by atoms with Crippen LogP contribution >= 0.6 is 11.6 Å². The van der Waals surface area contributed by atoms with E-state index in [9.17, 15) is 22.8 Å². The molecule has 0 aliphatic carbocycles. The van der Waals surface area contributed by atoms with Gasteiger partial charge >= 0.3 is 12.1 Å². The molecule has 1 aliphatic heterocycles. The Hall–Kier alpha value is -2.55. The predicted molar refractivity (Wildman–Crippen MR) is 86.4 cm³/mol. The Bertz CT molecular complexity index is 820. The van der Waals surface area contributed by atoms with Crippen molar-refractivity contribution < 1.29 is 27.3 Å². The number of carbonyl (C=O) groups excluding carboxylic acids is 2. The summed E-state index contributed by atoms with van der Waals surface area (Å²) < 4.78 is 42.9. The van der Waals surface area contributed by atoms with Crippen molar-refractivity contribution in [2.75, 3.05) is 11.9 Å². The molecule has 1 saturated heterocycles. The van der Waals surface area contributed by atoms with Gasteiger partial charge in [-0.15, -0.1) is 0 Å². The lowest BCUT2D eigenvalue weighted by atomic mass is 10.1. The summed E-state index contributed by atoms with van der Waals surface area (Å²) in [6, 6.07) is 6.95. The Morgan fingerprint density at radius 1 is 1.27 bits per heavy atom. The largest absolute Gasteiger partial charge is 0.471 e. The van der Waals surface area contributed by atoms with Crippen LogP contribution in [0, 0.1) is 0 Å². The van der Waals surface area contributed by atoms with Crippen LogP contribution in [0.1, 0.15) is 12.8 Å². The number of hydrogen-bond donors (Lipinski definition) is 1. The number of amides is 2. The predicted octanol–water partition coefficient (Wildman–Crippen LogP) is 3.49. The van der Waals surface area contributed by atoms with Gasteiger partial charge in [-0.2, -0.15) is 13.2 Å². The Labute approximate surface area is 150 Å². The van der Waals surface area contributed by atoms with Crippen molar-refractivity contribution in [3.8, 4) is 11.3 Å². The first-order chi connectivity index (χ1) is 12.3. The molecule has 2 amide bonds. The molecule has 26 heavy (non-hydrogen) atoms. The summed E-state index contributed by atoms with van der Waals surface area (Å²) in [7, 11) is 0. The van der Waals surface area contributed by atoms with Crippen molar-refractivity contribution in [2.45, 2.75) is 25.1 Å². The molecule has 1 N–H and O–H groups in total. The van der Waals surface area contributed by atoms with Crippen molar-refractivity contribution in [1.82, 2.24) is 10.1 Å². The van der Waals surface area contributed by atoms with Gasteiger partial charge in [0.2, 0.25) is 11.8 Å². The van der Waals surface area contributed by atoms with E-state index >= 15 is 0 Å². The fourth-order valence-electron chi connectivity index (χ4n) is 2.74. The van der Waals surface area contributed by atoms with Gasteiger partial charge in [-0.1, -0.05) is 28.9 Å². The topological polar surface area (TPSA) is 75.4 Å². The first-order valence-electron chi connectivity index (χ1n) is 7.67. The zero-order valence-corrected chi connectivity index (χ0v) is 14.0. The summed E-state index contributed by atoms with van der Waals surface area (Å²) in [5.74, 6) is -2.79. The second kappa shape index (κ2) is 6.99. The van der Waals surface area contributed by atoms with Gasteiger partial charge in [0.1, 0.15) is 11.7 Å². The maximum atomic E-state index is 12.6. The van der Waals surface area contributed by atoms with E-state index in [1.54, 1.807) is 24.3 Å². The second-order valence-corrected chi connectivity index (χ2v) is 6.16. The molecular formula is C16H13ClF3N3O3. The summed E-state index contributed by atoms with van der Waals surface area (Å²) in [6.07, 6.45) is -4.56. The van der Waals surface area contributed by atoms with Gasteiger partial charge in [0.05, 0.1) is 0 Å². The number of anilines is 1. The average molecular weight is 388 g/mol. The van der Waals surface area contributed by atoms with E-state index in [0.29, 0.717) is 27.6 Å². The number of nitrogens with one attached hydrogen (secondary N) is 1. The first kappa shape index (κ1) is 18.2. The Morgan fingerprint density at radius 2 is 1.96 bits per heavy atom. The van der Waals surface area contributed by atoms with Crippen LogP contribution in [0.2, 0.25) is 5.02 Å². The molecule has 2 heterocycles. The number of benzene rings is 1. The Balaban J connectivity index is 1.70. The van der Waals surface area contributed by atoms with Gasteiger partial charge in [0.15, 0.2) is 0 Å². The fourth-order valence-corrected chi connectivity index (χ4v) is 2.87. The summed E-state index contributed by atoms with van der Waals surface area (Å²) in [6.45, 7) is -0.122. The number of carbonyl (C=O) groups is 2. The molecule has 10 heteroatoms. The number of hydrogen-bond acceptors (Lipinski definition) is 4. The van der Waals surface area contributed by atoms with Crippen molar-refractivity contribution in [2.24, 2.45) is 0 Å². The summed E-state index contributed by atoms with van der Waals surface area (Å²) >= 11 is 5.80. The van der Waals surface area contributed by atoms with Gasteiger partial charge < -0.3 is 9.42 Å². The third-order valence-electron chi connectivity index (χ3n) is 3.96. The minimum Gasteiger partial charge on any atom is -0.338 e. The Kier molecular flexibility index (Phi) is 4.90. The van der Waals surface area contributed by atoms with Crippen LogP contribution in [0.3, 0.4) is 0 Å². The first-order valence-corrected chi connectivity index (χ1v) is 8.05. The number of nitrogens with zero attached hydrogens (tertiary/aromatic N) is 2. The molecule has 0 spiro atoms. The maximum absolute atomic E-state index is 12.6. The maximum Gasteiger partial charge on any atom is 0.471 e. The lowest BCUT2D eigenvalue weighted by molar-refractivity contribution is -0.186. The Morgan fingerprint density at radius 3 is 2.62 bits per heavy atom. The number of aromatic nitrogens is 1. The van der Waals surface area contributed by atoms with E-state index in [0.717, 1.165) is 0 Å². The monoisotopic (exact) mass is 387 g/mol. The van der Waals surface area contributed by atoms with Crippen molar-refractivity contribution in [3.05, 3.63) is 35.4 Å². The number of rotatable bonds is 3. The molecule has 3 rings (SSSR count). The molecule has 138 valence electrons. The zero-order valence-electron chi connectivity index (χ0n) is 13.2. The summed E-state index contributed by atoms with van der Waals surface area (Å²) in [5.41, 5.74) is 1.11. The normalized spacial score (nSPS) is 17.4. The molecule has 2 aromatic rings. The van der Waals surface area contributed by atoms with Crippen LogP contribution in [0.5, 0.6) is 0 Å². The average Bonchev–Trinajstić information content (AvgIpc) is 3.23. The molecule has 1 atom stereocenters. The van der Waals surface area contributed by atoms with E-state index in [1.165, 1.54) is 6.07 Å². The molecule has 1 unspecified atom stereocenters. The fraction of sp³-hybridized carbons (Fsp3) is 0.312. The second-order valence-electron chi connectivity index (χ2n) is 5.73. The molecular weight excluding hydrogens is 375 g/mol. The molecule has 0 bridgehead atoms. The van der Waals surface area contributed by atoms with E-state index < -0.39 is 24.0 Å². The van der Waals surface area contributed by atoms with Gasteiger partial charge in [-0.25, -0.2) is 0 Å². The smallest absolute Gasteiger partial charge is 0.338 e. The molecule has 6 nitrogen and oxygen atoms in total. The van der Waals surface area contributed by atoms with Crippen molar-refractivity contribution in [3.63, 3.8) is 0 Å². The van der Waals surface area contributed by atoms with Crippen LogP contribution in [-0.4, -0.2) is 40.6 Å². The van der Waals surface area contributed by atoms with Crippen molar-refractivity contribution >= 4 is 29.3 Å². The van der Waals surface area contributed by atoms with E-state index in [4.69, 9.17) is 16.1 Å². The molecule has 1 aromatic heterocycles. The van der Waals surface area contributed by atoms with Gasteiger partial charge in [0, 0.05) is 23.2 Å². The SMILES string of the molecule is O=C(Nc1cc(-c2ccc(Cl)cc2)no1)C1CCCN1C(=O)C(F)(F)F. The van der Waals surface area contributed by atoms with E-state index in [1.807, 2.05) is 0 Å². The summed E-state index contributed by atoms with van der Waals surface area (Å²) in [4.78, 5) is 24.2. The number of likely N-dealkylation sites (tertiary alicyclic amines) is 1. The highest BCUT2D eigenvalue weighted by atomic mass is 35.5. The highest BCUT2D eigenvalue weighted by Gasteiger charge is 2.47. The molecule has 0 saturated carbocycles. The highest BCUT2D eigenvalue weighted by molar-refractivity contribution is 6.30. The number of alkyl halides is 3. The van der Waals surface area contributed by atoms with Gasteiger partial charge in [-0.3, -0.25) is 14.9 Å². The van der Waals surface area contributed by atoms with Crippen molar-refractivity contribution in [1.29, 1.82) is 0 Å². The van der Waals surface area contributed by atoms with Crippen LogP contribution in [0.15, 0.2) is 34.9 Å². The van der Waals surface area contributed by atoms with Gasteiger partial charge in [0.25, 0.3) is 0 Å². The minimum absolute atomic E-state index is 0.0220. The minimum atomic E-state index is -5.02. The van der Waals surface area contributed by atoms with E-state index in [-0.39, 0.29) is 18.8 Å². The standard InChI is InChI=1S/C16H13ClF3N3O3/c17-10-5-3-9(4-6-10)11-8-13(26-22-11)21-14(24)12-2-1-7-23(12)15(25)16(18,19)20/h3-6,8,12H,1-2,7H2,(H,21,24). The zero-order chi connectivity index (χ0) is 18.9. The molecule has 0 radical (unpaired) electrons. The quantitative estimate of drug-likeness (QED) is 0.874. The summed E-state index contributed by atoms with van der Waals surface area (Å²) in [5, 5.41) is 6.71. The lowest BCUT2D eigenvalue weighted by Gasteiger charge is -2.24. The van der Waals surface area contributed by atoms with Crippen LogP contribution in [0.4, 0.5) is 19.1 Å². The number of halogens is 4. The van der Waals surface area contributed by atoms with Crippen LogP contribution in [-0.2, 0) is 9.59 Å². The molecule has 1 fully saturated rings. The van der Waals surface area contributed by atoms with Crippen LogP contribution in [0.25, 0.3) is 11.3 Å².